The largest absolute Gasteiger partial charge is 0.469 e. The molecule has 0 unspecified atom stereocenters. The van der Waals surface area contributed by atoms with Gasteiger partial charge in [-0.15, -0.1) is 0 Å². The number of hydrogen-bond acceptors (Lipinski definition) is 4. The van der Waals surface area contributed by atoms with E-state index in [0.29, 0.717) is 6.42 Å². The highest BCUT2D eigenvalue weighted by molar-refractivity contribution is 7.89. The van der Waals surface area contributed by atoms with Crippen molar-refractivity contribution in [1.82, 2.24) is 4.31 Å². The Morgan fingerprint density at radius 2 is 1.83 bits per heavy atom. The van der Waals surface area contributed by atoms with Gasteiger partial charge in [-0.1, -0.05) is 6.42 Å². The van der Waals surface area contributed by atoms with Crippen LogP contribution in [0.1, 0.15) is 46.0 Å². The summed E-state index contributed by atoms with van der Waals surface area (Å²) in [6.45, 7) is 3.90. The second kappa shape index (κ2) is 6.52. The Labute approximate surface area is 110 Å². The Balaban J connectivity index is 2.59. The van der Waals surface area contributed by atoms with Crippen molar-refractivity contribution in [2.24, 2.45) is 0 Å². The first-order valence-corrected chi connectivity index (χ1v) is 8.07. The summed E-state index contributed by atoms with van der Waals surface area (Å²) in [7, 11) is -1.95. The third-order valence-corrected chi connectivity index (χ3v) is 5.61. The van der Waals surface area contributed by atoms with Crippen LogP contribution < -0.4 is 0 Å². The maximum absolute atomic E-state index is 12.3. The molecule has 1 saturated heterocycles. The van der Waals surface area contributed by atoms with Gasteiger partial charge in [0, 0.05) is 18.5 Å². The number of nitrogens with zero attached hydrogens (tertiary/aromatic N) is 1. The fourth-order valence-electron chi connectivity index (χ4n) is 2.55. The fourth-order valence-corrected chi connectivity index (χ4v) is 4.58. The van der Waals surface area contributed by atoms with Gasteiger partial charge in [-0.2, -0.15) is 4.31 Å². The SMILES string of the molecule is COC(=O)CCCS(=O)(=O)N1[C@H](C)CCC[C@@H]1C. The lowest BCUT2D eigenvalue weighted by Gasteiger charge is -2.37. The van der Waals surface area contributed by atoms with E-state index in [4.69, 9.17) is 0 Å². The van der Waals surface area contributed by atoms with Crippen molar-refractivity contribution in [3.05, 3.63) is 0 Å². The lowest BCUT2D eigenvalue weighted by atomic mass is 10.0. The van der Waals surface area contributed by atoms with E-state index in [1.807, 2.05) is 13.8 Å². The van der Waals surface area contributed by atoms with E-state index in [-0.39, 0.29) is 30.2 Å². The molecular weight excluding hydrogens is 254 g/mol. The number of carbonyl (C=O) groups is 1. The Bertz CT molecular complexity index is 370. The number of esters is 1. The summed E-state index contributed by atoms with van der Waals surface area (Å²) in [4.78, 5) is 11.0. The van der Waals surface area contributed by atoms with Crippen LogP contribution in [-0.2, 0) is 19.6 Å². The second-order valence-electron chi connectivity index (χ2n) is 4.95. The van der Waals surface area contributed by atoms with Gasteiger partial charge in [0.1, 0.15) is 0 Å². The molecule has 1 heterocycles. The van der Waals surface area contributed by atoms with Crippen molar-refractivity contribution in [3.63, 3.8) is 0 Å². The second-order valence-corrected chi connectivity index (χ2v) is 6.95. The Morgan fingerprint density at radius 3 is 2.33 bits per heavy atom. The van der Waals surface area contributed by atoms with E-state index in [1.165, 1.54) is 7.11 Å². The molecule has 1 rings (SSSR count). The van der Waals surface area contributed by atoms with Crippen molar-refractivity contribution < 1.29 is 17.9 Å². The highest BCUT2D eigenvalue weighted by Crippen LogP contribution is 2.26. The highest BCUT2D eigenvalue weighted by atomic mass is 32.2. The van der Waals surface area contributed by atoms with Gasteiger partial charge in [-0.3, -0.25) is 4.79 Å². The van der Waals surface area contributed by atoms with Crippen LogP contribution >= 0.6 is 0 Å². The van der Waals surface area contributed by atoms with Crippen LogP contribution in [0.2, 0.25) is 0 Å². The quantitative estimate of drug-likeness (QED) is 0.715. The minimum Gasteiger partial charge on any atom is -0.469 e. The molecule has 0 bridgehead atoms. The molecule has 1 aliphatic heterocycles. The van der Waals surface area contributed by atoms with Gasteiger partial charge in [0.2, 0.25) is 10.0 Å². The molecular formula is C12H23NO4S. The molecule has 1 aliphatic rings. The minimum atomic E-state index is -3.26. The summed E-state index contributed by atoms with van der Waals surface area (Å²) in [5, 5.41) is 0. The normalized spacial score (nSPS) is 25.9. The number of carbonyl (C=O) groups excluding carboxylic acids is 1. The zero-order chi connectivity index (χ0) is 13.8. The van der Waals surface area contributed by atoms with E-state index >= 15 is 0 Å². The summed E-state index contributed by atoms with van der Waals surface area (Å²) in [6, 6.07) is 0.133. The van der Waals surface area contributed by atoms with Gasteiger partial charge in [-0.05, 0) is 33.1 Å². The molecule has 2 atom stereocenters. The highest BCUT2D eigenvalue weighted by Gasteiger charge is 2.34. The molecule has 0 radical (unpaired) electrons. The van der Waals surface area contributed by atoms with E-state index in [1.54, 1.807) is 4.31 Å². The molecule has 0 amide bonds. The van der Waals surface area contributed by atoms with E-state index in [2.05, 4.69) is 4.74 Å². The predicted molar refractivity (Wildman–Crippen MR) is 69.7 cm³/mol. The first-order chi connectivity index (χ1) is 8.38. The average molecular weight is 277 g/mol. The molecule has 0 spiro atoms. The molecule has 0 aromatic rings. The molecule has 0 aromatic heterocycles. The summed E-state index contributed by atoms with van der Waals surface area (Å²) < 4.78 is 30.6. The predicted octanol–water partition coefficient (Wildman–Crippen LogP) is 1.53. The molecule has 1 fully saturated rings. The number of sulfonamides is 1. The smallest absolute Gasteiger partial charge is 0.305 e. The maximum Gasteiger partial charge on any atom is 0.305 e. The standard InChI is InChI=1S/C12H23NO4S/c1-10-6-4-7-11(2)13(10)18(15,16)9-5-8-12(14)17-3/h10-11H,4-9H2,1-3H3/t10-,11+. The monoisotopic (exact) mass is 277 g/mol. The summed E-state index contributed by atoms with van der Waals surface area (Å²) in [6.07, 6.45) is 3.40. The number of ether oxygens (including phenoxy) is 1. The van der Waals surface area contributed by atoms with E-state index in [0.717, 1.165) is 19.3 Å². The van der Waals surface area contributed by atoms with Gasteiger partial charge in [0.25, 0.3) is 0 Å². The zero-order valence-electron chi connectivity index (χ0n) is 11.4. The van der Waals surface area contributed by atoms with Crippen LogP contribution in [0.5, 0.6) is 0 Å². The number of hydrogen-bond donors (Lipinski definition) is 0. The van der Waals surface area contributed by atoms with Crippen molar-refractivity contribution in [2.45, 2.75) is 58.0 Å². The van der Waals surface area contributed by atoms with Gasteiger partial charge < -0.3 is 4.74 Å². The molecule has 0 aromatic carbocycles. The Kier molecular flexibility index (Phi) is 5.59. The number of piperidine rings is 1. The van der Waals surface area contributed by atoms with Crippen molar-refractivity contribution in [2.75, 3.05) is 12.9 Å². The van der Waals surface area contributed by atoms with Crippen molar-refractivity contribution >= 4 is 16.0 Å². The Hall–Kier alpha value is -0.620. The zero-order valence-corrected chi connectivity index (χ0v) is 12.2. The maximum atomic E-state index is 12.3. The molecule has 5 nitrogen and oxygen atoms in total. The van der Waals surface area contributed by atoms with Crippen molar-refractivity contribution in [3.8, 4) is 0 Å². The van der Waals surface area contributed by atoms with Crippen LogP contribution in [-0.4, -0.2) is 43.6 Å². The van der Waals surface area contributed by atoms with Gasteiger partial charge in [0.15, 0.2) is 0 Å². The topological polar surface area (TPSA) is 63.7 Å². The average Bonchev–Trinajstić information content (AvgIpc) is 2.27. The first kappa shape index (κ1) is 15.4. The van der Waals surface area contributed by atoms with Gasteiger partial charge >= 0.3 is 5.97 Å². The summed E-state index contributed by atoms with van der Waals surface area (Å²) in [5.41, 5.74) is 0. The molecule has 18 heavy (non-hydrogen) atoms. The molecule has 0 N–H and O–H groups in total. The van der Waals surface area contributed by atoms with Crippen LogP contribution in [0, 0.1) is 0 Å². The van der Waals surface area contributed by atoms with Gasteiger partial charge in [0.05, 0.1) is 12.9 Å². The lowest BCUT2D eigenvalue weighted by molar-refractivity contribution is -0.140. The van der Waals surface area contributed by atoms with Crippen LogP contribution in [0.15, 0.2) is 0 Å². The van der Waals surface area contributed by atoms with Crippen LogP contribution in [0.3, 0.4) is 0 Å². The lowest BCUT2D eigenvalue weighted by Crippen LogP contribution is -2.48. The third kappa shape index (κ3) is 3.95. The molecule has 0 aliphatic carbocycles. The third-order valence-electron chi connectivity index (χ3n) is 3.44. The summed E-state index contributed by atoms with van der Waals surface area (Å²) in [5.74, 6) is -0.332. The molecule has 106 valence electrons. The van der Waals surface area contributed by atoms with Gasteiger partial charge in [-0.25, -0.2) is 8.42 Å². The molecule has 0 saturated carbocycles. The number of methoxy groups -OCH3 is 1. The van der Waals surface area contributed by atoms with Crippen LogP contribution in [0.4, 0.5) is 0 Å². The first-order valence-electron chi connectivity index (χ1n) is 6.46. The Morgan fingerprint density at radius 1 is 1.28 bits per heavy atom. The minimum absolute atomic E-state index is 0.0246. The van der Waals surface area contributed by atoms with Crippen molar-refractivity contribution in [1.29, 1.82) is 0 Å². The van der Waals surface area contributed by atoms with E-state index in [9.17, 15) is 13.2 Å². The fraction of sp³-hybridized carbons (Fsp3) is 0.917. The van der Waals surface area contributed by atoms with E-state index < -0.39 is 10.0 Å². The number of rotatable bonds is 5. The van der Waals surface area contributed by atoms with Crippen LogP contribution in [0.25, 0.3) is 0 Å². The molecule has 6 heteroatoms. The summed E-state index contributed by atoms with van der Waals surface area (Å²) >= 11 is 0.